The van der Waals surface area contributed by atoms with Gasteiger partial charge >= 0.3 is 0 Å². The van der Waals surface area contributed by atoms with Gasteiger partial charge in [-0.1, -0.05) is 34.1 Å². The average molecular weight is 526 g/mol. The Labute approximate surface area is 201 Å². The van der Waals surface area contributed by atoms with Gasteiger partial charge < -0.3 is 9.30 Å². The molecule has 1 aliphatic rings. The van der Waals surface area contributed by atoms with Gasteiger partial charge in [0.05, 0.1) is 10.6 Å². The fourth-order valence-electron chi connectivity index (χ4n) is 4.56. The monoisotopic (exact) mass is 525 g/mol. The lowest BCUT2D eigenvalue weighted by atomic mass is 9.93. The van der Waals surface area contributed by atoms with Gasteiger partial charge in [-0.3, -0.25) is 4.79 Å². The van der Waals surface area contributed by atoms with Gasteiger partial charge in [-0.25, -0.2) is 13.4 Å². The maximum atomic E-state index is 12.9. The number of benzene rings is 2. The van der Waals surface area contributed by atoms with Crippen molar-refractivity contribution in [3.05, 3.63) is 77.2 Å². The summed E-state index contributed by atoms with van der Waals surface area (Å²) in [5, 5.41) is 1.83. The molecule has 0 unspecified atom stereocenters. The van der Waals surface area contributed by atoms with Crippen molar-refractivity contribution in [3.8, 4) is 0 Å². The van der Waals surface area contributed by atoms with Crippen LogP contribution >= 0.6 is 15.9 Å². The average Bonchev–Trinajstić information content (AvgIpc) is 3.26. The molecule has 170 valence electrons. The molecule has 2 aromatic carbocycles. The summed E-state index contributed by atoms with van der Waals surface area (Å²) in [7, 11) is -3.54. The van der Waals surface area contributed by atoms with Crippen LogP contribution in [-0.2, 0) is 14.6 Å². The topological polar surface area (TPSA) is 71.8 Å². The van der Waals surface area contributed by atoms with E-state index in [1.807, 2.05) is 48.8 Å². The lowest BCUT2D eigenvalue weighted by Crippen LogP contribution is -2.38. The SMILES string of the molecule is O=C(CCS(=O)(=O)c1ccc2cc(Br)ccc2c1)N1CCC(c2cnc3ccccn23)CC1. The molecule has 6 nitrogen and oxygen atoms in total. The Bertz CT molecular complexity index is 1440. The van der Waals surface area contributed by atoms with Crippen molar-refractivity contribution in [1.29, 1.82) is 0 Å². The molecule has 1 amide bonds. The number of halogens is 1. The molecule has 1 fully saturated rings. The number of aromatic nitrogens is 2. The molecule has 0 radical (unpaired) electrons. The molecular formula is C25H24BrN3O3S. The second kappa shape index (κ2) is 8.91. The summed E-state index contributed by atoms with van der Waals surface area (Å²) in [5.74, 6) is 0.0637. The number of pyridine rings is 1. The molecule has 0 N–H and O–H groups in total. The molecule has 8 heteroatoms. The number of likely N-dealkylation sites (tertiary alicyclic amines) is 1. The number of carbonyl (C=O) groups is 1. The summed E-state index contributed by atoms with van der Waals surface area (Å²) in [4.78, 5) is 19.3. The van der Waals surface area contributed by atoms with E-state index in [-0.39, 0.29) is 23.0 Å². The molecule has 1 saturated heterocycles. The van der Waals surface area contributed by atoms with E-state index >= 15 is 0 Å². The predicted molar refractivity (Wildman–Crippen MR) is 132 cm³/mol. The van der Waals surface area contributed by atoms with Crippen LogP contribution in [0.5, 0.6) is 0 Å². The molecule has 3 heterocycles. The molecule has 0 atom stereocenters. The number of fused-ring (bicyclic) bond motifs is 2. The van der Waals surface area contributed by atoms with Crippen LogP contribution in [0.3, 0.4) is 0 Å². The number of hydrogen-bond acceptors (Lipinski definition) is 4. The minimum Gasteiger partial charge on any atom is -0.343 e. The van der Waals surface area contributed by atoms with Crippen molar-refractivity contribution >= 4 is 48.1 Å². The lowest BCUT2D eigenvalue weighted by molar-refractivity contribution is -0.131. The van der Waals surface area contributed by atoms with Crippen LogP contribution in [-0.4, -0.2) is 47.5 Å². The molecule has 0 saturated carbocycles. The van der Waals surface area contributed by atoms with E-state index in [4.69, 9.17) is 0 Å². The summed E-state index contributed by atoms with van der Waals surface area (Å²) >= 11 is 3.43. The Morgan fingerprint density at radius 3 is 2.61 bits per heavy atom. The van der Waals surface area contributed by atoms with Gasteiger partial charge in [0.15, 0.2) is 9.84 Å². The van der Waals surface area contributed by atoms with Crippen LogP contribution in [0.4, 0.5) is 0 Å². The number of hydrogen-bond donors (Lipinski definition) is 0. The summed E-state index contributed by atoms with van der Waals surface area (Å²) in [6.45, 7) is 1.27. The van der Waals surface area contributed by atoms with E-state index in [9.17, 15) is 13.2 Å². The fraction of sp³-hybridized carbons (Fsp3) is 0.280. The van der Waals surface area contributed by atoms with Crippen molar-refractivity contribution < 1.29 is 13.2 Å². The van der Waals surface area contributed by atoms with Crippen molar-refractivity contribution in [2.45, 2.75) is 30.1 Å². The van der Waals surface area contributed by atoms with E-state index in [0.29, 0.717) is 19.0 Å². The first-order valence-electron chi connectivity index (χ1n) is 11.0. The van der Waals surface area contributed by atoms with Gasteiger partial charge in [-0.15, -0.1) is 0 Å². The van der Waals surface area contributed by atoms with Crippen LogP contribution < -0.4 is 0 Å². The van der Waals surface area contributed by atoms with E-state index in [1.165, 1.54) is 5.69 Å². The molecule has 5 rings (SSSR count). The number of rotatable bonds is 5. The number of carbonyl (C=O) groups excluding carboxylic acids is 1. The van der Waals surface area contributed by atoms with Crippen LogP contribution in [0.15, 0.2) is 76.4 Å². The van der Waals surface area contributed by atoms with Crippen LogP contribution in [0, 0.1) is 0 Å². The Hall–Kier alpha value is -2.71. The van der Waals surface area contributed by atoms with Crippen LogP contribution in [0.2, 0.25) is 0 Å². The normalized spacial score (nSPS) is 15.4. The number of imidazole rings is 1. The maximum absolute atomic E-state index is 12.9. The van der Waals surface area contributed by atoms with E-state index in [2.05, 4.69) is 25.3 Å². The third-order valence-electron chi connectivity index (χ3n) is 6.43. The first-order valence-corrected chi connectivity index (χ1v) is 13.5. The molecule has 4 aromatic rings. The summed E-state index contributed by atoms with van der Waals surface area (Å²) in [5.41, 5.74) is 2.10. The van der Waals surface area contributed by atoms with Crippen molar-refractivity contribution in [3.63, 3.8) is 0 Å². The first-order chi connectivity index (χ1) is 15.9. The second-order valence-corrected chi connectivity index (χ2v) is 11.5. The van der Waals surface area contributed by atoms with E-state index < -0.39 is 9.84 Å². The molecule has 0 bridgehead atoms. The zero-order valence-corrected chi connectivity index (χ0v) is 20.4. The third-order valence-corrected chi connectivity index (χ3v) is 8.64. The van der Waals surface area contributed by atoms with Gasteiger partial charge in [0, 0.05) is 48.0 Å². The van der Waals surface area contributed by atoms with Crippen molar-refractivity contribution in [2.24, 2.45) is 0 Å². The summed E-state index contributed by atoms with van der Waals surface area (Å²) in [6, 6.07) is 16.8. The highest BCUT2D eigenvalue weighted by Crippen LogP contribution is 2.29. The summed E-state index contributed by atoms with van der Waals surface area (Å²) in [6.07, 6.45) is 5.64. The smallest absolute Gasteiger partial charge is 0.223 e. The van der Waals surface area contributed by atoms with Crippen molar-refractivity contribution in [1.82, 2.24) is 14.3 Å². The quantitative estimate of drug-likeness (QED) is 0.374. The van der Waals surface area contributed by atoms with E-state index in [1.54, 1.807) is 23.1 Å². The number of sulfone groups is 1. The third kappa shape index (κ3) is 4.54. The zero-order chi connectivity index (χ0) is 23.0. The minimum absolute atomic E-state index is 0.000980. The first kappa shape index (κ1) is 22.1. The van der Waals surface area contributed by atoms with Gasteiger partial charge in [0.25, 0.3) is 0 Å². The highest BCUT2D eigenvalue weighted by Gasteiger charge is 2.27. The Balaban J connectivity index is 1.20. The van der Waals surface area contributed by atoms with Gasteiger partial charge in [0.2, 0.25) is 5.91 Å². The van der Waals surface area contributed by atoms with Crippen LogP contribution in [0.25, 0.3) is 16.4 Å². The molecule has 2 aromatic heterocycles. The highest BCUT2D eigenvalue weighted by atomic mass is 79.9. The van der Waals surface area contributed by atoms with Gasteiger partial charge in [0.1, 0.15) is 5.65 Å². The largest absolute Gasteiger partial charge is 0.343 e. The minimum atomic E-state index is -3.54. The Morgan fingerprint density at radius 1 is 1.03 bits per heavy atom. The zero-order valence-electron chi connectivity index (χ0n) is 18.0. The number of nitrogens with zero attached hydrogens (tertiary/aromatic N) is 3. The lowest BCUT2D eigenvalue weighted by Gasteiger charge is -2.32. The molecule has 33 heavy (non-hydrogen) atoms. The van der Waals surface area contributed by atoms with Crippen LogP contribution in [0.1, 0.15) is 30.9 Å². The van der Waals surface area contributed by atoms with Gasteiger partial charge in [-0.05, 0) is 60.0 Å². The second-order valence-electron chi connectivity index (χ2n) is 8.49. The molecule has 1 aliphatic heterocycles. The Morgan fingerprint density at radius 2 is 1.79 bits per heavy atom. The standard InChI is InChI=1S/C25H24BrN3O3S/c26-21-6-4-20-16-22(7-5-19(20)15-21)33(31,32)14-10-25(30)28-12-8-18(9-13-28)23-17-27-24-3-1-2-11-29(23)24/h1-7,11,15-18H,8-10,12-14H2. The number of piperidine rings is 1. The molecular weight excluding hydrogens is 502 g/mol. The Kier molecular flexibility index (Phi) is 5.97. The fourth-order valence-corrected chi connectivity index (χ4v) is 6.20. The predicted octanol–water partition coefficient (Wildman–Crippen LogP) is 4.82. The maximum Gasteiger partial charge on any atom is 0.223 e. The highest BCUT2D eigenvalue weighted by molar-refractivity contribution is 9.10. The molecule has 0 spiro atoms. The van der Waals surface area contributed by atoms with E-state index in [0.717, 1.165) is 33.7 Å². The number of amides is 1. The van der Waals surface area contributed by atoms with Crippen molar-refractivity contribution in [2.75, 3.05) is 18.8 Å². The molecule has 0 aliphatic carbocycles. The van der Waals surface area contributed by atoms with Gasteiger partial charge in [-0.2, -0.15) is 0 Å². The summed E-state index contributed by atoms with van der Waals surface area (Å²) < 4.78 is 28.8.